The summed E-state index contributed by atoms with van der Waals surface area (Å²) >= 11 is 0. The number of rotatable bonds is 6. The highest BCUT2D eigenvalue weighted by molar-refractivity contribution is 5.97. The first kappa shape index (κ1) is 19.1. The van der Waals surface area contributed by atoms with Crippen molar-refractivity contribution in [2.24, 2.45) is 23.2 Å². The number of anilines is 1. The molecule has 0 aromatic heterocycles. The average molecular weight is 378 g/mol. The fourth-order valence-electron chi connectivity index (χ4n) is 6.28. The zero-order chi connectivity index (χ0) is 19.7. The van der Waals surface area contributed by atoms with E-state index in [0.717, 1.165) is 29.9 Å². The third-order valence-electron chi connectivity index (χ3n) is 7.46. The summed E-state index contributed by atoms with van der Waals surface area (Å²) in [6.07, 6.45) is 10.4. The van der Waals surface area contributed by atoms with Gasteiger partial charge < -0.3 is 10.6 Å². The van der Waals surface area contributed by atoms with Crippen molar-refractivity contribution >= 4 is 11.6 Å². The van der Waals surface area contributed by atoms with Gasteiger partial charge in [-0.15, -0.1) is 0 Å². The molecular formula is C24H31N3O. The molecule has 1 amide bonds. The summed E-state index contributed by atoms with van der Waals surface area (Å²) in [4.78, 5) is 12.8. The van der Waals surface area contributed by atoms with Gasteiger partial charge in [0.25, 0.3) is 5.91 Å². The third kappa shape index (κ3) is 3.68. The monoisotopic (exact) mass is 377 g/mol. The number of benzene rings is 1. The number of nitriles is 1. The van der Waals surface area contributed by atoms with Crippen LogP contribution in [0.3, 0.4) is 0 Å². The van der Waals surface area contributed by atoms with E-state index in [1.807, 2.05) is 12.1 Å². The number of nitrogens with one attached hydrogen (secondary N) is 2. The van der Waals surface area contributed by atoms with Crippen molar-refractivity contribution in [1.82, 2.24) is 5.32 Å². The van der Waals surface area contributed by atoms with Gasteiger partial charge in [0.1, 0.15) is 11.6 Å². The van der Waals surface area contributed by atoms with Gasteiger partial charge in [-0.1, -0.05) is 19.1 Å². The number of aryl methyl sites for hydroxylation is 1. The van der Waals surface area contributed by atoms with Crippen LogP contribution in [-0.4, -0.2) is 11.9 Å². The molecular weight excluding hydrogens is 346 g/mol. The summed E-state index contributed by atoms with van der Waals surface area (Å²) < 4.78 is 0. The Morgan fingerprint density at radius 3 is 2.25 bits per heavy atom. The molecule has 148 valence electrons. The van der Waals surface area contributed by atoms with Gasteiger partial charge in [-0.25, -0.2) is 0 Å². The Kier molecular flexibility index (Phi) is 5.19. The van der Waals surface area contributed by atoms with Crippen molar-refractivity contribution < 1.29 is 4.79 Å². The van der Waals surface area contributed by atoms with E-state index in [1.54, 1.807) is 0 Å². The van der Waals surface area contributed by atoms with Gasteiger partial charge in [0.15, 0.2) is 0 Å². The highest BCUT2D eigenvalue weighted by Crippen LogP contribution is 2.61. The van der Waals surface area contributed by atoms with Crippen LogP contribution in [0.2, 0.25) is 0 Å². The molecule has 4 aliphatic carbocycles. The normalized spacial score (nSPS) is 31.9. The molecule has 28 heavy (non-hydrogen) atoms. The number of carbonyl (C=O) groups is 1. The second-order valence-corrected chi connectivity index (χ2v) is 9.34. The van der Waals surface area contributed by atoms with Gasteiger partial charge in [-0.3, -0.25) is 4.79 Å². The van der Waals surface area contributed by atoms with Crippen LogP contribution in [0.4, 0.5) is 5.69 Å². The molecule has 0 saturated heterocycles. The van der Waals surface area contributed by atoms with Gasteiger partial charge in [-0.2, -0.15) is 5.26 Å². The first-order chi connectivity index (χ1) is 13.5. The van der Waals surface area contributed by atoms with Crippen LogP contribution < -0.4 is 10.6 Å². The molecule has 1 aromatic rings. The van der Waals surface area contributed by atoms with E-state index in [0.29, 0.717) is 0 Å². The van der Waals surface area contributed by atoms with E-state index in [9.17, 15) is 10.1 Å². The van der Waals surface area contributed by atoms with E-state index in [1.165, 1.54) is 50.3 Å². The minimum absolute atomic E-state index is 0.119. The minimum atomic E-state index is -0.261. The molecule has 4 nitrogen and oxygen atoms in total. The molecule has 0 radical (unpaired) electrons. The molecule has 0 aliphatic heterocycles. The SMILES string of the molecule is CCc1ccc(N/C=C(/C#N)C(=O)NC(C)C23CC4CC(CC(C4)C2)C3)cc1. The quantitative estimate of drug-likeness (QED) is 0.553. The lowest BCUT2D eigenvalue weighted by atomic mass is 9.48. The zero-order valence-electron chi connectivity index (χ0n) is 17.0. The number of carbonyl (C=O) groups excluding carboxylic acids is 1. The molecule has 5 rings (SSSR count). The highest BCUT2D eigenvalue weighted by atomic mass is 16.1. The van der Waals surface area contributed by atoms with Crippen LogP contribution in [0.1, 0.15) is 57.9 Å². The van der Waals surface area contributed by atoms with Crippen LogP contribution in [0, 0.1) is 34.5 Å². The van der Waals surface area contributed by atoms with Crippen molar-refractivity contribution in [3.63, 3.8) is 0 Å². The predicted molar refractivity (Wildman–Crippen MR) is 111 cm³/mol. The highest BCUT2D eigenvalue weighted by Gasteiger charge is 2.53. The summed E-state index contributed by atoms with van der Waals surface area (Å²) in [7, 11) is 0. The molecule has 0 heterocycles. The Morgan fingerprint density at radius 1 is 1.18 bits per heavy atom. The maximum absolute atomic E-state index is 12.8. The van der Waals surface area contributed by atoms with Crippen molar-refractivity contribution in [3.05, 3.63) is 41.6 Å². The largest absolute Gasteiger partial charge is 0.360 e. The molecule has 1 aromatic carbocycles. The third-order valence-corrected chi connectivity index (χ3v) is 7.46. The van der Waals surface area contributed by atoms with E-state index >= 15 is 0 Å². The van der Waals surface area contributed by atoms with Crippen LogP contribution >= 0.6 is 0 Å². The Morgan fingerprint density at radius 2 is 1.75 bits per heavy atom. The molecule has 4 fully saturated rings. The molecule has 0 spiro atoms. The second-order valence-electron chi connectivity index (χ2n) is 9.34. The van der Waals surface area contributed by atoms with Crippen molar-refractivity contribution in [1.29, 1.82) is 5.26 Å². The lowest BCUT2D eigenvalue weighted by Gasteiger charge is -2.59. The Labute approximate surface area is 168 Å². The molecule has 4 bridgehead atoms. The van der Waals surface area contributed by atoms with Gasteiger partial charge in [0.2, 0.25) is 0 Å². The topological polar surface area (TPSA) is 64.9 Å². The second kappa shape index (κ2) is 7.62. The maximum atomic E-state index is 12.8. The summed E-state index contributed by atoms with van der Waals surface area (Å²) in [6.45, 7) is 4.27. The maximum Gasteiger partial charge on any atom is 0.263 e. The Balaban J connectivity index is 1.40. The van der Waals surface area contributed by atoms with Gasteiger partial charge in [-0.05, 0) is 92.7 Å². The number of hydrogen-bond acceptors (Lipinski definition) is 3. The lowest BCUT2D eigenvalue weighted by molar-refractivity contribution is -0.122. The molecule has 1 atom stereocenters. The summed E-state index contributed by atoms with van der Waals surface area (Å²) in [5.41, 5.74) is 2.52. The van der Waals surface area contributed by atoms with Gasteiger partial charge >= 0.3 is 0 Å². The lowest BCUT2D eigenvalue weighted by Crippen LogP contribution is -2.56. The van der Waals surface area contributed by atoms with Crippen LogP contribution in [0.15, 0.2) is 36.0 Å². The summed E-state index contributed by atoms with van der Waals surface area (Å²) in [6, 6.07) is 10.2. The van der Waals surface area contributed by atoms with E-state index in [4.69, 9.17) is 0 Å². The van der Waals surface area contributed by atoms with Crippen molar-refractivity contribution in [3.8, 4) is 6.07 Å². The first-order valence-electron chi connectivity index (χ1n) is 10.8. The van der Waals surface area contributed by atoms with Crippen LogP contribution in [0.25, 0.3) is 0 Å². The fraction of sp³-hybridized carbons (Fsp3) is 0.583. The number of hydrogen-bond donors (Lipinski definition) is 2. The van der Waals surface area contributed by atoms with E-state index in [2.05, 4.69) is 42.7 Å². The molecule has 4 saturated carbocycles. The van der Waals surface area contributed by atoms with E-state index in [-0.39, 0.29) is 22.9 Å². The Hall–Kier alpha value is -2.28. The van der Waals surface area contributed by atoms with Crippen molar-refractivity contribution in [2.75, 3.05) is 5.32 Å². The zero-order valence-corrected chi connectivity index (χ0v) is 17.0. The van der Waals surface area contributed by atoms with Crippen LogP contribution in [0.5, 0.6) is 0 Å². The molecule has 2 N–H and O–H groups in total. The predicted octanol–water partition coefficient (Wildman–Crippen LogP) is 4.79. The minimum Gasteiger partial charge on any atom is -0.360 e. The Bertz CT molecular complexity index is 767. The molecule has 4 aliphatic rings. The standard InChI is InChI=1S/C24H31N3O/c1-3-17-4-6-22(7-5-17)26-15-21(14-25)23(28)27-16(2)24-11-18-8-19(12-24)10-20(9-18)13-24/h4-7,15-16,18-20,26H,3,8-13H2,1-2H3,(H,27,28)/b21-15-. The smallest absolute Gasteiger partial charge is 0.263 e. The first-order valence-corrected chi connectivity index (χ1v) is 10.8. The summed E-state index contributed by atoms with van der Waals surface area (Å²) in [5, 5.41) is 15.7. The number of amides is 1. The average Bonchev–Trinajstić information content (AvgIpc) is 2.68. The summed E-state index contributed by atoms with van der Waals surface area (Å²) in [5.74, 6) is 2.29. The van der Waals surface area contributed by atoms with Gasteiger partial charge in [0, 0.05) is 17.9 Å². The van der Waals surface area contributed by atoms with Crippen molar-refractivity contribution in [2.45, 2.75) is 64.8 Å². The molecule has 4 heteroatoms. The van der Waals surface area contributed by atoms with E-state index < -0.39 is 0 Å². The molecule has 1 unspecified atom stereocenters. The van der Waals surface area contributed by atoms with Crippen LogP contribution in [-0.2, 0) is 11.2 Å². The number of nitrogens with zero attached hydrogens (tertiary/aromatic N) is 1. The van der Waals surface area contributed by atoms with Gasteiger partial charge in [0.05, 0.1) is 0 Å². The fourth-order valence-corrected chi connectivity index (χ4v) is 6.28.